The van der Waals surface area contributed by atoms with Crippen LogP contribution in [0.4, 0.5) is 5.69 Å². The van der Waals surface area contributed by atoms with Crippen LogP contribution in [0, 0.1) is 0 Å². The third kappa shape index (κ3) is 3.22. The Morgan fingerprint density at radius 3 is 2.70 bits per heavy atom. The van der Waals surface area contributed by atoms with E-state index in [1.807, 2.05) is 36.4 Å². The van der Waals surface area contributed by atoms with Crippen molar-refractivity contribution in [1.29, 1.82) is 0 Å². The standard InChI is InChI=1S/C21H23N5O/c27-21(19-12-17(25-26-19)13-5-2-1-3-6-13)22-15-9-10-16-18(11-15)24-20(23-16)14-7-4-8-14/h1-3,5-6,9-11,14,17,19,25-26H,4,7-8,12H2,(H,22,27)(H,23,24). The third-order valence-corrected chi connectivity index (χ3v) is 5.68. The van der Waals surface area contributed by atoms with Crippen molar-refractivity contribution in [1.82, 2.24) is 20.8 Å². The lowest BCUT2D eigenvalue weighted by molar-refractivity contribution is -0.117. The first-order valence-corrected chi connectivity index (χ1v) is 9.63. The number of imidazole rings is 1. The maximum atomic E-state index is 12.7. The summed E-state index contributed by atoms with van der Waals surface area (Å²) < 4.78 is 0. The van der Waals surface area contributed by atoms with Crippen LogP contribution >= 0.6 is 0 Å². The summed E-state index contributed by atoms with van der Waals surface area (Å²) >= 11 is 0. The lowest BCUT2D eigenvalue weighted by Crippen LogP contribution is -2.39. The second kappa shape index (κ2) is 6.79. The zero-order chi connectivity index (χ0) is 18.2. The van der Waals surface area contributed by atoms with Crippen LogP contribution in [0.3, 0.4) is 0 Å². The van der Waals surface area contributed by atoms with Crippen molar-refractivity contribution in [3.8, 4) is 0 Å². The van der Waals surface area contributed by atoms with Crippen LogP contribution in [0.15, 0.2) is 48.5 Å². The first-order chi connectivity index (χ1) is 13.3. The molecule has 6 heteroatoms. The lowest BCUT2D eigenvalue weighted by atomic mass is 9.85. The van der Waals surface area contributed by atoms with Gasteiger partial charge in [-0.15, -0.1) is 0 Å². The highest BCUT2D eigenvalue weighted by atomic mass is 16.2. The molecule has 0 spiro atoms. The minimum atomic E-state index is -0.266. The van der Waals surface area contributed by atoms with Crippen LogP contribution in [-0.4, -0.2) is 21.9 Å². The zero-order valence-electron chi connectivity index (χ0n) is 15.0. The minimum absolute atomic E-state index is 0.0287. The smallest absolute Gasteiger partial charge is 0.242 e. The Bertz CT molecular complexity index is 963. The molecule has 27 heavy (non-hydrogen) atoms. The number of hydrazine groups is 1. The Balaban J connectivity index is 1.26. The van der Waals surface area contributed by atoms with Gasteiger partial charge in [0, 0.05) is 17.6 Å². The summed E-state index contributed by atoms with van der Waals surface area (Å²) in [6.07, 6.45) is 4.43. The number of carbonyl (C=O) groups is 1. The second-order valence-corrected chi connectivity index (χ2v) is 7.51. The molecule has 5 rings (SSSR count). The predicted octanol–water partition coefficient (Wildman–Crippen LogP) is 3.38. The number of hydrogen-bond acceptors (Lipinski definition) is 4. The number of aromatic nitrogens is 2. The monoisotopic (exact) mass is 361 g/mol. The van der Waals surface area contributed by atoms with Gasteiger partial charge in [-0.25, -0.2) is 15.8 Å². The van der Waals surface area contributed by atoms with Crippen molar-refractivity contribution in [3.63, 3.8) is 0 Å². The molecule has 1 saturated heterocycles. The Morgan fingerprint density at radius 1 is 1.07 bits per heavy atom. The number of hydrogen-bond donors (Lipinski definition) is 4. The van der Waals surface area contributed by atoms with Gasteiger partial charge < -0.3 is 10.3 Å². The van der Waals surface area contributed by atoms with E-state index in [2.05, 4.69) is 38.3 Å². The highest BCUT2D eigenvalue weighted by Gasteiger charge is 2.30. The Labute approximate surface area is 157 Å². The first-order valence-electron chi connectivity index (χ1n) is 9.63. The first kappa shape index (κ1) is 16.5. The normalized spacial score (nSPS) is 22.7. The van der Waals surface area contributed by atoms with Crippen molar-refractivity contribution < 1.29 is 4.79 Å². The molecule has 138 valence electrons. The van der Waals surface area contributed by atoms with E-state index in [0.717, 1.165) is 22.5 Å². The van der Waals surface area contributed by atoms with E-state index in [0.29, 0.717) is 12.3 Å². The van der Waals surface area contributed by atoms with E-state index in [9.17, 15) is 4.79 Å². The topological polar surface area (TPSA) is 81.8 Å². The number of amides is 1. The third-order valence-electron chi connectivity index (χ3n) is 5.68. The number of carbonyl (C=O) groups excluding carboxylic acids is 1. The maximum absolute atomic E-state index is 12.7. The van der Waals surface area contributed by atoms with Gasteiger partial charge in [-0.1, -0.05) is 36.8 Å². The molecule has 1 amide bonds. The Hall–Kier alpha value is -2.70. The van der Waals surface area contributed by atoms with Gasteiger partial charge in [-0.05, 0) is 43.0 Å². The van der Waals surface area contributed by atoms with Gasteiger partial charge in [0.05, 0.1) is 11.0 Å². The molecule has 6 nitrogen and oxygen atoms in total. The summed E-state index contributed by atoms with van der Waals surface area (Å²) in [7, 11) is 0. The van der Waals surface area contributed by atoms with Crippen molar-refractivity contribution in [3.05, 3.63) is 59.9 Å². The predicted molar refractivity (Wildman–Crippen MR) is 105 cm³/mol. The SMILES string of the molecule is O=C(Nc1ccc2nc(C3CCC3)[nH]c2c1)C1CC(c2ccccc2)NN1. The van der Waals surface area contributed by atoms with E-state index in [1.165, 1.54) is 24.8 Å². The molecule has 1 aromatic heterocycles. The molecule has 3 aromatic rings. The van der Waals surface area contributed by atoms with E-state index in [-0.39, 0.29) is 18.0 Å². The fraction of sp³-hybridized carbons (Fsp3) is 0.333. The van der Waals surface area contributed by atoms with E-state index in [1.54, 1.807) is 0 Å². The van der Waals surface area contributed by atoms with Crippen molar-refractivity contribution in [2.45, 2.75) is 43.7 Å². The Morgan fingerprint density at radius 2 is 1.93 bits per heavy atom. The van der Waals surface area contributed by atoms with Crippen LogP contribution < -0.4 is 16.2 Å². The number of nitrogens with zero attached hydrogens (tertiary/aromatic N) is 1. The molecule has 2 atom stereocenters. The fourth-order valence-electron chi connectivity index (χ4n) is 3.84. The van der Waals surface area contributed by atoms with Crippen LogP contribution in [-0.2, 0) is 4.79 Å². The highest BCUT2D eigenvalue weighted by Crippen LogP contribution is 2.35. The molecular formula is C21H23N5O. The number of aromatic amines is 1. The number of nitrogens with one attached hydrogen (secondary N) is 4. The molecular weight excluding hydrogens is 338 g/mol. The quantitative estimate of drug-likeness (QED) is 0.574. The van der Waals surface area contributed by atoms with E-state index >= 15 is 0 Å². The summed E-state index contributed by atoms with van der Waals surface area (Å²) in [6.45, 7) is 0. The van der Waals surface area contributed by atoms with Gasteiger partial charge in [0.2, 0.25) is 5.91 Å². The van der Waals surface area contributed by atoms with Crippen LogP contribution in [0.2, 0.25) is 0 Å². The molecule has 2 aliphatic rings. The molecule has 1 aliphatic heterocycles. The summed E-state index contributed by atoms with van der Waals surface area (Å²) in [5.74, 6) is 1.62. The molecule has 2 aromatic carbocycles. The number of benzene rings is 2. The van der Waals surface area contributed by atoms with Crippen LogP contribution in [0.5, 0.6) is 0 Å². The van der Waals surface area contributed by atoms with Crippen molar-refractivity contribution in [2.75, 3.05) is 5.32 Å². The van der Waals surface area contributed by atoms with Crippen LogP contribution in [0.25, 0.3) is 11.0 Å². The van der Waals surface area contributed by atoms with Gasteiger partial charge >= 0.3 is 0 Å². The molecule has 2 fully saturated rings. The highest BCUT2D eigenvalue weighted by molar-refractivity contribution is 5.96. The lowest BCUT2D eigenvalue weighted by Gasteiger charge is -2.22. The molecule has 2 unspecified atom stereocenters. The molecule has 1 saturated carbocycles. The number of anilines is 1. The average molecular weight is 361 g/mol. The van der Waals surface area contributed by atoms with Crippen molar-refractivity contribution in [2.24, 2.45) is 0 Å². The molecule has 0 radical (unpaired) electrons. The molecule has 0 bridgehead atoms. The van der Waals surface area contributed by atoms with Gasteiger partial charge in [-0.3, -0.25) is 4.79 Å². The summed E-state index contributed by atoms with van der Waals surface area (Å²) in [5.41, 5.74) is 10.3. The fourth-order valence-corrected chi connectivity index (χ4v) is 3.84. The number of H-pyrrole nitrogens is 1. The zero-order valence-corrected chi connectivity index (χ0v) is 15.0. The molecule has 1 aliphatic carbocycles. The van der Waals surface area contributed by atoms with Crippen molar-refractivity contribution >= 4 is 22.6 Å². The van der Waals surface area contributed by atoms with Crippen LogP contribution in [0.1, 0.15) is 49.0 Å². The van der Waals surface area contributed by atoms with Gasteiger partial charge in [-0.2, -0.15) is 0 Å². The van der Waals surface area contributed by atoms with Gasteiger partial charge in [0.1, 0.15) is 11.9 Å². The van der Waals surface area contributed by atoms with Gasteiger partial charge in [0.25, 0.3) is 0 Å². The van der Waals surface area contributed by atoms with E-state index < -0.39 is 0 Å². The average Bonchev–Trinajstić information content (AvgIpc) is 3.27. The van der Waals surface area contributed by atoms with E-state index in [4.69, 9.17) is 0 Å². The molecule has 2 heterocycles. The summed E-state index contributed by atoms with van der Waals surface area (Å²) in [6, 6.07) is 15.9. The maximum Gasteiger partial charge on any atom is 0.242 e. The summed E-state index contributed by atoms with van der Waals surface area (Å²) in [4.78, 5) is 20.8. The largest absolute Gasteiger partial charge is 0.342 e. The second-order valence-electron chi connectivity index (χ2n) is 7.51. The summed E-state index contributed by atoms with van der Waals surface area (Å²) in [5, 5.41) is 3.03. The van der Waals surface area contributed by atoms with Gasteiger partial charge in [0.15, 0.2) is 0 Å². The Kier molecular flexibility index (Phi) is 4.14. The number of fused-ring (bicyclic) bond motifs is 1. The minimum Gasteiger partial charge on any atom is -0.342 e. The number of rotatable bonds is 4. The molecule has 4 N–H and O–H groups in total.